The Bertz CT molecular complexity index is 830. The van der Waals surface area contributed by atoms with Crippen LogP contribution in [-0.4, -0.2) is 49.5 Å². The van der Waals surface area contributed by atoms with Gasteiger partial charge in [0.05, 0.1) is 12.6 Å². The van der Waals surface area contributed by atoms with Crippen LogP contribution < -0.4 is 10.6 Å². The highest BCUT2D eigenvalue weighted by Crippen LogP contribution is 2.50. The van der Waals surface area contributed by atoms with E-state index >= 15 is 0 Å². The number of H-pyrrole nitrogens is 1. The number of likely N-dealkylation sites (tertiary alicyclic amines) is 1. The maximum Gasteiger partial charge on any atom is 0.343 e. The number of hydrogen-bond acceptors (Lipinski definition) is 7. The SMILES string of the molecule is Cn1c(C2C(C3CC3)CCN2Cc2nnc(N3CCCC3)o2)n[nH]c1=O. The molecule has 2 aromatic rings. The van der Waals surface area contributed by atoms with Crippen LogP contribution in [0.1, 0.15) is 49.9 Å². The van der Waals surface area contributed by atoms with E-state index in [0.29, 0.717) is 24.4 Å². The highest BCUT2D eigenvalue weighted by Gasteiger charge is 2.46. The highest BCUT2D eigenvalue weighted by atomic mass is 16.4. The fraction of sp³-hybridized carbons (Fsp3) is 0.765. The van der Waals surface area contributed by atoms with Gasteiger partial charge in [0.1, 0.15) is 0 Å². The lowest BCUT2D eigenvalue weighted by atomic mass is 9.94. The van der Waals surface area contributed by atoms with Crippen molar-refractivity contribution >= 4 is 6.01 Å². The Morgan fingerprint density at radius 3 is 2.65 bits per heavy atom. The molecule has 0 bridgehead atoms. The molecule has 0 radical (unpaired) electrons. The molecule has 2 unspecified atom stereocenters. The van der Waals surface area contributed by atoms with E-state index in [2.05, 4.69) is 30.2 Å². The maximum atomic E-state index is 11.9. The van der Waals surface area contributed by atoms with Gasteiger partial charge in [0.25, 0.3) is 0 Å². The maximum absolute atomic E-state index is 11.9. The normalized spacial score (nSPS) is 26.9. The molecule has 0 aromatic carbocycles. The molecule has 2 atom stereocenters. The summed E-state index contributed by atoms with van der Waals surface area (Å²) in [5.74, 6) is 2.77. The van der Waals surface area contributed by atoms with E-state index < -0.39 is 0 Å². The molecule has 2 saturated heterocycles. The summed E-state index contributed by atoms with van der Waals surface area (Å²) < 4.78 is 7.57. The van der Waals surface area contributed by atoms with Crippen molar-refractivity contribution in [3.05, 3.63) is 22.2 Å². The summed E-state index contributed by atoms with van der Waals surface area (Å²) in [6, 6.07) is 0.771. The van der Waals surface area contributed by atoms with Gasteiger partial charge in [-0.05, 0) is 50.5 Å². The van der Waals surface area contributed by atoms with Gasteiger partial charge in [0.2, 0.25) is 5.89 Å². The second-order valence-corrected chi connectivity index (χ2v) is 7.82. The smallest absolute Gasteiger partial charge is 0.343 e. The van der Waals surface area contributed by atoms with Gasteiger partial charge in [-0.2, -0.15) is 5.10 Å². The Morgan fingerprint density at radius 2 is 1.96 bits per heavy atom. The Hall–Kier alpha value is -2.16. The van der Waals surface area contributed by atoms with E-state index in [0.717, 1.165) is 37.8 Å². The van der Waals surface area contributed by atoms with Crippen molar-refractivity contribution in [3.63, 3.8) is 0 Å². The summed E-state index contributed by atoms with van der Waals surface area (Å²) in [6.07, 6.45) is 6.06. The average Bonchev–Trinajstić information content (AvgIpc) is 3.05. The fourth-order valence-corrected chi connectivity index (χ4v) is 4.57. The zero-order valence-electron chi connectivity index (χ0n) is 15.1. The first-order valence-electron chi connectivity index (χ1n) is 9.63. The van der Waals surface area contributed by atoms with Crippen LogP contribution >= 0.6 is 0 Å². The van der Waals surface area contributed by atoms with Crippen LogP contribution in [-0.2, 0) is 13.6 Å². The Balaban J connectivity index is 1.38. The predicted octanol–water partition coefficient (Wildman–Crippen LogP) is 1.06. The number of anilines is 1. The number of aromatic amines is 1. The Labute approximate surface area is 151 Å². The lowest BCUT2D eigenvalue weighted by Gasteiger charge is -2.26. The highest BCUT2D eigenvalue weighted by molar-refractivity contribution is 5.25. The number of nitrogens with one attached hydrogen (secondary N) is 1. The fourth-order valence-electron chi connectivity index (χ4n) is 4.57. The summed E-state index contributed by atoms with van der Waals surface area (Å²) in [5, 5.41) is 15.4. The molecule has 3 fully saturated rings. The van der Waals surface area contributed by atoms with E-state index in [1.807, 2.05) is 0 Å². The molecule has 0 amide bonds. The summed E-state index contributed by atoms with van der Waals surface area (Å²) in [6.45, 7) is 3.56. The number of nitrogens with zero attached hydrogens (tertiary/aromatic N) is 6. The lowest BCUT2D eigenvalue weighted by molar-refractivity contribution is 0.181. The number of rotatable bonds is 5. The Kier molecular flexibility index (Phi) is 3.84. The van der Waals surface area contributed by atoms with Gasteiger partial charge in [-0.15, -0.1) is 5.10 Å². The van der Waals surface area contributed by atoms with Crippen LogP contribution in [0.15, 0.2) is 9.21 Å². The van der Waals surface area contributed by atoms with Crippen LogP contribution in [0.3, 0.4) is 0 Å². The first kappa shape index (κ1) is 16.0. The third kappa shape index (κ3) is 2.74. The summed E-state index contributed by atoms with van der Waals surface area (Å²) in [7, 11) is 1.79. The molecule has 9 nitrogen and oxygen atoms in total. The van der Waals surface area contributed by atoms with E-state index in [1.54, 1.807) is 11.6 Å². The van der Waals surface area contributed by atoms with Crippen molar-refractivity contribution in [2.75, 3.05) is 24.5 Å². The average molecular weight is 359 g/mol. The van der Waals surface area contributed by atoms with E-state index in [1.165, 1.54) is 25.7 Å². The molecule has 2 aromatic heterocycles. The van der Waals surface area contributed by atoms with Gasteiger partial charge in [-0.1, -0.05) is 5.10 Å². The minimum atomic E-state index is -0.157. The largest absolute Gasteiger partial charge is 0.407 e. The second-order valence-electron chi connectivity index (χ2n) is 7.82. The quantitative estimate of drug-likeness (QED) is 0.853. The van der Waals surface area contributed by atoms with Crippen LogP contribution in [0.5, 0.6) is 0 Å². The Morgan fingerprint density at radius 1 is 1.15 bits per heavy atom. The van der Waals surface area contributed by atoms with E-state index in [4.69, 9.17) is 4.42 Å². The predicted molar refractivity (Wildman–Crippen MR) is 93.6 cm³/mol. The third-order valence-corrected chi connectivity index (χ3v) is 6.13. The van der Waals surface area contributed by atoms with Crippen molar-refractivity contribution in [2.24, 2.45) is 18.9 Å². The third-order valence-electron chi connectivity index (χ3n) is 6.13. The molecule has 1 saturated carbocycles. The molecule has 3 aliphatic rings. The van der Waals surface area contributed by atoms with E-state index in [9.17, 15) is 4.79 Å². The number of hydrogen-bond donors (Lipinski definition) is 1. The van der Waals surface area contributed by atoms with Gasteiger partial charge in [-0.3, -0.25) is 9.47 Å². The van der Waals surface area contributed by atoms with Crippen LogP contribution in [0.2, 0.25) is 0 Å². The van der Waals surface area contributed by atoms with Crippen molar-refractivity contribution in [1.29, 1.82) is 0 Å². The summed E-state index contributed by atoms with van der Waals surface area (Å²) in [5.41, 5.74) is -0.157. The zero-order valence-corrected chi connectivity index (χ0v) is 15.1. The first-order valence-corrected chi connectivity index (χ1v) is 9.63. The minimum Gasteiger partial charge on any atom is -0.407 e. The van der Waals surface area contributed by atoms with Gasteiger partial charge < -0.3 is 9.32 Å². The molecule has 5 rings (SSSR count). The molecule has 9 heteroatoms. The minimum absolute atomic E-state index is 0.133. The summed E-state index contributed by atoms with van der Waals surface area (Å²) >= 11 is 0. The molecule has 4 heterocycles. The van der Waals surface area contributed by atoms with Crippen LogP contribution in [0.25, 0.3) is 0 Å². The second kappa shape index (κ2) is 6.22. The lowest BCUT2D eigenvalue weighted by Crippen LogP contribution is -2.29. The zero-order chi connectivity index (χ0) is 17.7. The topological polar surface area (TPSA) is 96.1 Å². The summed E-state index contributed by atoms with van der Waals surface area (Å²) in [4.78, 5) is 16.4. The molecule has 1 N–H and O–H groups in total. The van der Waals surface area contributed by atoms with Crippen molar-refractivity contribution in [2.45, 2.75) is 44.7 Å². The van der Waals surface area contributed by atoms with Crippen molar-refractivity contribution in [3.8, 4) is 0 Å². The molecule has 26 heavy (non-hydrogen) atoms. The van der Waals surface area contributed by atoms with Crippen LogP contribution in [0.4, 0.5) is 6.01 Å². The molecule has 140 valence electrons. The van der Waals surface area contributed by atoms with Crippen molar-refractivity contribution < 1.29 is 4.42 Å². The molecule has 1 aliphatic carbocycles. The molecular formula is C17H25N7O2. The molecular weight excluding hydrogens is 334 g/mol. The van der Waals surface area contributed by atoms with Gasteiger partial charge >= 0.3 is 11.7 Å². The number of aromatic nitrogens is 5. The van der Waals surface area contributed by atoms with Gasteiger partial charge in [-0.25, -0.2) is 9.89 Å². The monoisotopic (exact) mass is 359 g/mol. The van der Waals surface area contributed by atoms with Crippen molar-refractivity contribution in [1.82, 2.24) is 29.9 Å². The van der Waals surface area contributed by atoms with Gasteiger partial charge in [0.15, 0.2) is 5.82 Å². The van der Waals surface area contributed by atoms with E-state index in [-0.39, 0.29) is 11.7 Å². The molecule has 0 spiro atoms. The van der Waals surface area contributed by atoms with Crippen LogP contribution in [0, 0.1) is 11.8 Å². The standard InChI is InChI=1S/C17H25N7O2/c1-22-15(19-20-16(22)25)14-12(11-4-5-11)6-9-24(14)10-13-18-21-17(26-13)23-7-2-3-8-23/h11-12,14H,2-10H2,1H3,(H,20,25). The molecule has 2 aliphatic heterocycles. The first-order chi connectivity index (χ1) is 12.7. The van der Waals surface area contributed by atoms with Gasteiger partial charge in [0, 0.05) is 20.1 Å².